The average molecular weight is 395 g/mol. The van der Waals surface area contributed by atoms with Crippen LogP contribution >= 0.6 is 11.3 Å². The van der Waals surface area contributed by atoms with Gasteiger partial charge in [0.05, 0.1) is 17.2 Å². The Bertz CT molecular complexity index is 817. The van der Waals surface area contributed by atoms with Crippen LogP contribution in [-0.2, 0) is 16.4 Å². The van der Waals surface area contributed by atoms with Gasteiger partial charge in [-0.15, -0.1) is 11.3 Å². The lowest BCUT2D eigenvalue weighted by Crippen LogP contribution is -2.46. The summed E-state index contributed by atoms with van der Waals surface area (Å²) < 4.78 is 25.2. The number of sulfone groups is 1. The number of benzene rings is 1. The van der Waals surface area contributed by atoms with Gasteiger partial charge < -0.3 is 10.6 Å². The third-order valence-corrected chi connectivity index (χ3v) is 6.47. The van der Waals surface area contributed by atoms with Crippen molar-refractivity contribution in [3.63, 3.8) is 0 Å². The Kier molecular flexibility index (Phi) is 7.59. The summed E-state index contributed by atoms with van der Waals surface area (Å²) in [4.78, 5) is 10.3. The molecule has 0 bridgehead atoms. The molecule has 1 aromatic heterocycles. The van der Waals surface area contributed by atoms with Gasteiger partial charge in [0, 0.05) is 23.7 Å². The van der Waals surface area contributed by atoms with Crippen molar-refractivity contribution < 1.29 is 8.42 Å². The van der Waals surface area contributed by atoms with Crippen molar-refractivity contribution in [2.24, 2.45) is 4.99 Å². The van der Waals surface area contributed by atoms with Crippen LogP contribution in [0.15, 0.2) is 46.4 Å². The summed E-state index contributed by atoms with van der Waals surface area (Å²) in [5, 5.41) is 7.35. The van der Waals surface area contributed by atoms with Crippen molar-refractivity contribution in [2.45, 2.75) is 44.7 Å². The third-order valence-electron chi connectivity index (χ3n) is 3.74. The Labute approximate surface area is 159 Å². The summed E-state index contributed by atoms with van der Waals surface area (Å²) in [6.07, 6.45) is 2.50. The number of rotatable bonds is 8. The largest absolute Gasteiger partial charge is 0.357 e. The Balaban J connectivity index is 2.07. The highest BCUT2D eigenvalue weighted by Crippen LogP contribution is 2.13. The molecule has 0 saturated heterocycles. The first kappa shape index (κ1) is 20.4. The van der Waals surface area contributed by atoms with E-state index in [1.807, 2.05) is 33.0 Å². The molecule has 1 aromatic carbocycles. The van der Waals surface area contributed by atoms with E-state index in [2.05, 4.69) is 20.6 Å². The summed E-state index contributed by atoms with van der Waals surface area (Å²) in [5.74, 6) is 0.629. The van der Waals surface area contributed by atoms with Crippen molar-refractivity contribution in [1.29, 1.82) is 0 Å². The molecule has 142 valence electrons. The van der Waals surface area contributed by atoms with Crippen molar-refractivity contribution in [1.82, 2.24) is 15.6 Å². The predicted octanol–water partition coefficient (Wildman–Crippen LogP) is 2.76. The highest BCUT2D eigenvalue weighted by atomic mass is 32.2. The number of hydrogen-bond acceptors (Lipinski definition) is 5. The molecule has 2 N–H and O–H groups in total. The molecule has 0 amide bonds. The lowest BCUT2D eigenvalue weighted by Gasteiger charge is -2.20. The van der Waals surface area contributed by atoms with E-state index in [9.17, 15) is 8.42 Å². The van der Waals surface area contributed by atoms with Crippen LogP contribution < -0.4 is 10.6 Å². The number of hydrogen-bond donors (Lipinski definition) is 2. The molecule has 1 unspecified atom stereocenters. The molecule has 1 atom stereocenters. The van der Waals surface area contributed by atoms with E-state index in [4.69, 9.17) is 0 Å². The molecule has 0 aliphatic heterocycles. The van der Waals surface area contributed by atoms with Gasteiger partial charge >= 0.3 is 0 Å². The second-order valence-electron chi connectivity index (χ2n) is 5.90. The van der Waals surface area contributed by atoms with Gasteiger partial charge in [-0.3, -0.25) is 0 Å². The summed E-state index contributed by atoms with van der Waals surface area (Å²) in [5.41, 5.74) is 0. The van der Waals surface area contributed by atoms with Crippen LogP contribution in [0, 0.1) is 6.92 Å². The van der Waals surface area contributed by atoms with Crippen LogP contribution in [0.2, 0.25) is 0 Å². The Morgan fingerprint density at radius 2 is 2.00 bits per heavy atom. The van der Waals surface area contributed by atoms with Gasteiger partial charge in [-0.2, -0.15) is 0 Å². The van der Waals surface area contributed by atoms with Gasteiger partial charge in [0.15, 0.2) is 15.8 Å². The molecule has 0 aliphatic rings. The molecule has 0 saturated carbocycles. The number of nitrogens with one attached hydrogen (secondary N) is 2. The summed E-state index contributed by atoms with van der Waals surface area (Å²) in [6.45, 7) is 7.12. The maximum atomic E-state index is 12.6. The Morgan fingerprint density at radius 1 is 1.27 bits per heavy atom. The van der Waals surface area contributed by atoms with Gasteiger partial charge in [-0.25, -0.2) is 18.4 Å². The number of aromatic nitrogens is 1. The Morgan fingerprint density at radius 3 is 2.58 bits per heavy atom. The maximum absolute atomic E-state index is 12.6. The maximum Gasteiger partial charge on any atom is 0.191 e. The standard InChI is InChI=1S/C18H26N4O2S2/c1-4-15(13-26(23,24)16-9-7-6-8-10-16)22-18(19-5-2)21-12-17-20-11-14(3)25-17/h6-11,15H,4-5,12-13H2,1-3H3,(H2,19,21,22). The lowest BCUT2D eigenvalue weighted by molar-refractivity contribution is 0.569. The second kappa shape index (κ2) is 9.68. The molecule has 0 aliphatic carbocycles. The van der Waals surface area contributed by atoms with E-state index in [0.29, 0.717) is 30.4 Å². The molecule has 2 rings (SSSR count). The van der Waals surface area contributed by atoms with Crippen molar-refractivity contribution in [3.8, 4) is 0 Å². The summed E-state index contributed by atoms with van der Waals surface area (Å²) in [7, 11) is -3.35. The fourth-order valence-electron chi connectivity index (χ4n) is 2.39. The third kappa shape index (κ3) is 6.10. The van der Waals surface area contributed by atoms with E-state index in [1.54, 1.807) is 35.6 Å². The number of aryl methyl sites for hydroxylation is 1. The van der Waals surface area contributed by atoms with E-state index >= 15 is 0 Å². The van der Waals surface area contributed by atoms with Crippen LogP contribution in [0.3, 0.4) is 0 Å². The minimum atomic E-state index is -3.35. The normalized spacial score (nSPS) is 13.4. The summed E-state index contributed by atoms with van der Waals surface area (Å²) >= 11 is 1.61. The smallest absolute Gasteiger partial charge is 0.191 e. The topological polar surface area (TPSA) is 83.4 Å². The van der Waals surface area contributed by atoms with Crippen LogP contribution in [0.4, 0.5) is 0 Å². The van der Waals surface area contributed by atoms with Gasteiger partial charge in [-0.05, 0) is 32.4 Å². The number of guanidine groups is 1. The van der Waals surface area contributed by atoms with Crippen molar-refractivity contribution in [2.75, 3.05) is 12.3 Å². The van der Waals surface area contributed by atoms with Crippen LogP contribution in [0.25, 0.3) is 0 Å². The van der Waals surface area contributed by atoms with Crippen LogP contribution in [0.1, 0.15) is 30.2 Å². The van der Waals surface area contributed by atoms with Gasteiger partial charge in [0.1, 0.15) is 5.01 Å². The molecule has 2 aromatic rings. The quantitative estimate of drug-likeness (QED) is 0.531. The molecular weight excluding hydrogens is 368 g/mol. The Hall–Kier alpha value is -1.93. The highest BCUT2D eigenvalue weighted by Gasteiger charge is 2.21. The zero-order valence-corrected chi connectivity index (χ0v) is 17.0. The first-order chi connectivity index (χ1) is 12.4. The fourth-order valence-corrected chi connectivity index (χ4v) is 4.71. The SMILES string of the molecule is CCNC(=NCc1ncc(C)s1)NC(CC)CS(=O)(=O)c1ccccc1. The van der Waals surface area contributed by atoms with E-state index in [-0.39, 0.29) is 11.8 Å². The number of nitrogens with zero attached hydrogens (tertiary/aromatic N) is 2. The zero-order chi connectivity index (χ0) is 19.0. The first-order valence-corrected chi connectivity index (χ1v) is 11.2. The molecule has 0 radical (unpaired) electrons. The molecule has 0 spiro atoms. The monoisotopic (exact) mass is 394 g/mol. The molecule has 0 fully saturated rings. The number of thiazole rings is 1. The zero-order valence-electron chi connectivity index (χ0n) is 15.4. The summed E-state index contributed by atoms with van der Waals surface area (Å²) in [6, 6.07) is 8.32. The van der Waals surface area contributed by atoms with E-state index in [0.717, 1.165) is 9.88 Å². The fraction of sp³-hybridized carbons (Fsp3) is 0.444. The minimum Gasteiger partial charge on any atom is -0.357 e. The van der Waals surface area contributed by atoms with Gasteiger partial charge in [-0.1, -0.05) is 25.1 Å². The van der Waals surface area contributed by atoms with E-state index in [1.165, 1.54) is 0 Å². The minimum absolute atomic E-state index is 0.0221. The van der Waals surface area contributed by atoms with Crippen LogP contribution in [0.5, 0.6) is 0 Å². The molecule has 6 nitrogen and oxygen atoms in total. The molecule has 26 heavy (non-hydrogen) atoms. The van der Waals surface area contributed by atoms with E-state index < -0.39 is 9.84 Å². The van der Waals surface area contributed by atoms with Crippen molar-refractivity contribution >= 4 is 27.1 Å². The first-order valence-electron chi connectivity index (χ1n) is 8.68. The van der Waals surface area contributed by atoms with Crippen molar-refractivity contribution in [3.05, 3.63) is 46.4 Å². The van der Waals surface area contributed by atoms with Gasteiger partial charge in [0.25, 0.3) is 0 Å². The predicted molar refractivity (Wildman–Crippen MR) is 107 cm³/mol. The average Bonchev–Trinajstić information content (AvgIpc) is 3.05. The lowest BCUT2D eigenvalue weighted by atomic mass is 10.3. The van der Waals surface area contributed by atoms with Crippen LogP contribution in [-0.4, -0.2) is 37.7 Å². The molecular formula is C18H26N4O2S2. The van der Waals surface area contributed by atoms with Gasteiger partial charge in [0.2, 0.25) is 0 Å². The number of aliphatic imine (C=N–C) groups is 1. The highest BCUT2D eigenvalue weighted by molar-refractivity contribution is 7.91. The second-order valence-corrected chi connectivity index (χ2v) is 9.26. The molecule has 1 heterocycles. The molecule has 8 heteroatoms.